The molecule has 8 heteroatoms. The van der Waals surface area contributed by atoms with Crippen LogP contribution in [-0.4, -0.2) is 43.1 Å². The number of halogens is 1. The summed E-state index contributed by atoms with van der Waals surface area (Å²) in [5, 5.41) is 8.52. The predicted octanol–water partition coefficient (Wildman–Crippen LogP) is 2.03. The van der Waals surface area contributed by atoms with Crippen molar-refractivity contribution in [1.82, 2.24) is 16.0 Å². The van der Waals surface area contributed by atoms with E-state index in [4.69, 9.17) is 16.3 Å². The Balaban J connectivity index is 2.09. The highest BCUT2D eigenvalue weighted by Crippen LogP contribution is 2.09. The first-order valence-electron chi connectivity index (χ1n) is 8.40. The predicted molar refractivity (Wildman–Crippen MR) is 100 cm³/mol. The van der Waals surface area contributed by atoms with Crippen molar-refractivity contribution in [1.29, 1.82) is 0 Å². The summed E-state index contributed by atoms with van der Waals surface area (Å²) in [5.41, 5.74) is 0.292. The number of hydrogen-bond acceptors (Lipinski definition) is 4. The van der Waals surface area contributed by atoms with Crippen molar-refractivity contribution in [2.45, 2.75) is 39.2 Å². The molecule has 3 N–H and O–H groups in total. The summed E-state index contributed by atoms with van der Waals surface area (Å²) >= 11 is 5.79. The average molecular weight is 384 g/mol. The van der Waals surface area contributed by atoms with E-state index >= 15 is 0 Å². The molecule has 3 amide bonds. The molecular weight excluding hydrogens is 358 g/mol. The van der Waals surface area contributed by atoms with E-state index in [1.165, 1.54) is 0 Å². The second-order valence-corrected chi connectivity index (χ2v) is 7.12. The van der Waals surface area contributed by atoms with Crippen LogP contribution in [0.3, 0.4) is 0 Å². The van der Waals surface area contributed by atoms with Gasteiger partial charge in [-0.2, -0.15) is 0 Å². The second-order valence-electron chi connectivity index (χ2n) is 6.68. The molecule has 0 aliphatic rings. The highest BCUT2D eigenvalue weighted by atomic mass is 35.5. The minimum absolute atomic E-state index is 0.131. The smallest absolute Gasteiger partial charge is 0.407 e. The maximum Gasteiger partial charge on any atom is 0.407 e. The topological polar surface area (TPSA) is 96.5 Å². The first kappa shape index (κ1) is 21.8. The molecule has 0 aliphatic carbocycles. The van der Waals surface area contributed by atoms with Crippen molar-refractivity contribution >= 4 is 29.5 Å². The molecule has 7 nitrogen and oxygen atoms in total. The van der Waals surface area contributed by atoms with Crippen LogP contribution in [0.15, 0.2) is 24.3 Å². The summed E-state index contributed by atoms with van der Waals surface area (Å²) in [4.78, 5) is 34.9. The van der Waals surface area contributed by atoms with Crippen LogP contribution >= 0.6 is 11.6 Å². The van der Waals surface area contributed by atoms with Gasteiger partial charge in [0.2, 0.25) is 11.8 Å². The summed E-state index contributed by atoms with van der Waals surface area (Å²) in [5.74, 6) is -0.346. The van der Waals surface area contributed by atoms with Gasteiger partial charge in [-0.25, -0.2) is 4.79 Å². The maximum atomic E-state index is 11.8. The first-order valence-corrected chi connectivity index (χ1v) is 8.78. The van der Waals surface area contributed by atoms with Gasteiger partial charge in [0.1, 0.15) is 5.60 Å². The monoisotopic (exact) mass is 383 g/mol. The number of benzene rings is 1. The van der Waals surface area contributed by atoms with Gasteiger partial charge in [0.05, 0.1) is 6.42 Å². The molecule has 0 aliphatic heterocycles. The number of amides is 3. The normalized spacial score (nSPS) is 10.8. The summed E-state index contributed by atoms with van der Waals surface area (Å²) in [6, 6.07) is 7.05. The fraction of sp³-hybridized carbons (Fsp3) is 0.500. The van der Waals surface area contributed by atoms with Crippen molar-refractivity contribution < 1.29 is 19.1 Å². The number of carbonyl (C=O) groups is 3. The third-order valence-corrected chi connectivity index (χ3v) is 3.32. The summed E-state index contributed by atoms with van der Waals surface area (Å²) < 4.78 is 5.06. The number of rotatable bonds is 8. The Morgan fingerprint density at radius 3 is 2.08 bits per heavy atom. The lowest BCUT2D eigenvalue weighted by Crippen LogP contribution is -2.37. The standard InChI is InChI=1S/C18H26ClN3O4/c1-18(2,3)26-17(25)22-9-8-15(23)20-10-11-21-16(24)12-13-4-6-14(19)7-5-13/h4-7H,8-12H2,1-3H3,(H,20,23)(H,21,24)(H,22,25). The van der Waals surface area contributed by atoms with Crippen LogP contribution in [-0.2, 0) is 20.7 Å². The fourth-order valence-electron chi connectivity index (χ4n) is 1.93. The van der Waals surface area contributed by atoms with E-state index in [-0.39, 0.29) is 31.2 Å². The first-order chi connectivity index (χ1) is 12.2. The minimum Gasteiger partial charge on any atom is -0.444 e. The largest absolute Gasteiger partial charge is 0.444 e. The van der Waals surface area contributed by atoms with Gasteiger partial charge in [-0.3, -0.25) is 9.59 Å². The SMILES string of the molecule is CC(C)(C)OC(=O)NCCC(=O)NCCNC(=O)Cc1ccc(Cl)cc1. The van der Waals surface area contributed by atoms with Crippen LogP contribution in [0, 0.1) is 0 Å². The Labute approximate surface area is 158 Å². The Kier molecular flexibility index (Phi) is 8.92. The van der Waals surface area contributed by atoms with Crippen LogP contribution in [0.4, 0.5) is 4.79 Å². The highest BCUT2D eigenvalue weighted by Gasteiger charge is 2.15. The molecule has 26 heavy (non-hydrogen) atoms. The summed E-state index contributed by atoms with van der Waals surface area (Å²) in [6.07, 6.45) is -0.164. The van der Waals surface area contributed by atoms with Crippen LogP contribution in [0.2, 0.25) is 5.02 Å². The lowest BCUT2D eigenvalue weighted by molar-refractivity contribution is -0.122. The Bertz CT molecular complexity index is 612. The molecule has 1 aromatic rings. The van der Waals surface area contributed by atoms with Crippen LogP contribution in [0.5, 0.6) is 0 Å². The molecular formula is C18H26ClN3O4. The number of carbonyl (C=O) groups excluding carboxylic acids is 3. The molecule has 1 aromatic carbocycles. The zero-order chi connectivity index (χ0) is 19.6. The average Bonchev–Trinajstić information content (AvgIpc) is 2.52. The van der Waals surface area contributed by atoms with Crippen molar-refractivity contribution in [3.05, 3.63) is 34.9 Å². The molecule has 0 spiro atoms. The molecule has 0 aromatic heterocycles. The van der Waals surface area contributed by atoms with Crippen molar-refractivity contribution in [3.63, 3.8) is 0 Å². The van der Waals surface area contributed by atoms with E-state index in [2.05, 4.69) is 16.0 Å². The van der Waals surface area contributed by atoms with Gasteiger partial charge in [-0.1, -0.05) is 23.7 Å². The zero-order valence-electron chi connectivity index (χ0n) is 15.4. The van der Waals surface area contributed by atoms with Gasteiger partial charge in [0, 0.05) is 31.1 Å². The molecule has 144 valence electrons. The number of ether oxygens (including phenoxy) is 1. The molecule has 0 saturated carbocycles. The Morgan fingerprint density at radius 2 is 1.50 bits per heavy atom. The quantitative estimate of drug-likeness (QED) is 0.598. The molecule has 0 saturated heterocycles. The number of hydrogen-bond donors (Lipinski definition) is 3. The Hall–Kier alpha value is -2.28. The zero-order valence-corrected chi connectivity index (χ0v) is 16.1. The third-order valence-electron chi connectivity index (χ3n) is 3.07. The van der Waals surface area contributed by atoms with E-state index in [0.29, 0.717) is 18.1 Å². The highest BCUT2D eigenvalue weighted by molar-refractivity contribution is 6.30. The molecule has 1 rings (SSSR count). The van der Waals surface area contributed by atoms with E-state index in [0.717, 1.165) is 5.56 Å². The number of nitrogens with one attached hydrogen (secondary N) is 3. The maximum absolute atomic E-state index is 11.8. The minimum atomic E-state index is -0.573. The molecule has 0 unspecified atom stereocenters. The fourth-order valence-corrected chi connectivity index (χ4v) is 2.06. The van der Waals surface area contributed by atoms with Gasteiger partial charge in [-0.05, 0) is 38.5 Å². The molecule has 0 fully saturated rings. The summed E-state index contributed by atoms with van der Waals surface area (Å²) in [6.45, 7) is 6.13. The second kappa shape index (κ2) is 10.7. The van der Waals surface area contributed by atoms with Gasteiger partial charge < -0.3 is 20.7 Å². The van der Waals surface area contributed by atoms with Gasteiger partial charge in [-0.15, -0.1) is 0 Å². The van der Waals surface area contributed by atoms with Crippen molar-refractivity contribution in [2.24, 2.45) is 0 Å². The number of alkyl carbamates (subject to hydrolysis) is 1. The molecule has 0 heterocycles. The van der Waals surface area contributed by atoms with Gasteiger partial charge >= 0.3 is 6.09 Å². The van der Waals surface area contributed by atoms with Gasteiger partial charge in [0.15, 0.2) is 0 Å². The van der Waals surface area contributed by atoms with Crippen molar-refractivity contribution in [2.75, 3.05) is 19.6 Å². The van der Waals surface area contributed by atoms with E-state index in [1.54, 1.807) is 45.0 Å². The van der Waals surface area contributed by atoms with E-state index in [1.807, 2.05) is 0 Å². The Morgan fingerprint density at radius 1 is 0.923 bits per heavy atom. The molecule has 0 radical (unpaired) electrons. The van der Waals surface area contributed by atoms with Gasteiger partial charge in [0.25, 0.3) is 0 Å². The third kappa shape index (κ3) is 10.6. The lowest BCUT2D eigenvalue weighted by Gasteiger charge is -2.19. The van der Waals surface area contributed by atoms with Crippen molar-refractivity contribution in [3.8, 4) is 0 Å². The van der Waals surface area contributed by atoms with E-state index in [9.17, 15) is 14.4 Å². The van der Waals surface area contributed by atoms with E-state index < -0.39 is 11.7 Å². The van der Waals surface area contributed by atoms with Crippen LogP contribution < -0.4 is 16.0 Å². The summed E-state index contributed by atoms with van der Waals surface area (Å²) in [7, 11) is 0. The van der Waals surface area contributed by atoms with Crippen LogP contribution in [0.25, 0.3) is 0 Å². The lowest BCUT2D eigenvalue weighted by atomic mass is 10.1. The molecule has 0 bridgehead atoms. The molecule has 0 atom stereocenters. The van der Waals surface area contributed by atoms with Crippen LogP contribution in [0.1, 0.15) is 32.8 Å².